The highest BCUT2D eigenvalue weighted by atomic mass is 16.6. The fourth-order valence-corrected chi connectivity index (χ4v) is 5.29. The van der Waals surface area contributed by atoms with Crippen molar-refractivity contribution in [3.8, 4) is 5.75 Å². The molecule has 0 aliphatic carbocycles. The molecule has 2 aliphatic heterocycles. The molecule has 9 nitrogen and oxygen atoms in total. The number of nitro groups is 1. The molecule has 0 saturated carbocycles. The third kappa shape index (κ3) is 2.96. The van der Waals surface area contributed by atoms with Crippen LogP contribution in [0, 0.1) is 16.0 Å². The fraction of sp³-hybridized carbons (Fsp3) is 0.250. The molecule has 0 bridgehead atoms. The predicted octanol–water partition coefficient (Wildman–Crippen LogP) is 3.57. The number of Topliss-reactive ketones (excluding diaryl/α,β-unsaturated/α-hetero) is 1. The van der Waals surface area contributed by atoms with Crippen molar-refractivity contribution >= 4 is 23.1 Å². The van der Waals surface area contributed by atoms with E-state index < -0.39 is 22.3 Å². The number of methoxy groups -OCH3 is 1. The molecule has 1 N–H and O–H groups in total. The van der Waals surface area contributed by atoms with Crippen molar-refractivity contribution in [3.63, 3.8) is 0 Å². The number of ether oxygens (including phenoxy) is 1. The molecule has 5 rings (SSSR count). The van der Waals surface area contributed by atoms with Crippen LogP contribution >= 0.6 is 0 Å². The number of hydrogen-bond donors (Lipinski definition) is 1. The van der Waals surface area contributed by atoms with E-state index in [0.717, 1.165) is 0 Å². The van der Waals surface area contributed by atoms with Crippen LogP contribution in [0.1, 0.15) is 27.6 Å². The number of ketones is 1. The maximum atomic E-state index is 13.9. The predicted molar refractivity (Wildman–Crippen MR) is 118 cm³/mol. The second-order valence-electron chi connectivity index (χ2n) is 8.29. The molecular formula is C24H21N3O6. The Bertz CT molecular complexity index is 1270. The molecule has 2 aromatic carbocycles. The zero-order chi connectivity index (χ0) is 23.3. The smallest absolute Gasteiger partial charge is 0.269 e. The third-order valence-electron chi connectivity index (χ3n) is 6.71. The van der Waals surface area contributed by atoms with Crippen molar-refractivity contribution in [1.29, 1.82) is 0 Å². The topological polar surface area (TPSA) is 115 Å². The molecule has 2 aliphatic rings. The first-order chi connectivity index (χ1) is 15.9. The number of carbonyl (C=O) groups excluding carboxylic acids is 2. The van der Waals surface area contributed by atoms with Crippen LogP contribution in [0.4, 0.5) is 11.4 Å². The van der Waals surface area contributed by atoms with E-state index in [9.17, 15) is 19.7 Å². The van der Waals surface area contributed by atoms with Gasteiger partial charge in [-0.05, 0) is 42.9 Å². The van der Waals surface area contributed by atoms with E-state index in [-0.39, 0.29) is 23.1 Å². The molecule has 1 amide bonds. The number of rotatable bonds is 5. The van der Waals surface area contributed by atoms with Crippen molar-refractivity contribution in [2.24, 2.45) is 5.92 Å². The van der Waals surface area contributed by atoms with Gasteiger partial charge in [-0.15, -0.1) is 0 Å². The fourth-order valence-electron chi connectivity index (χ4n) is 5.29. The minimum absolute atomic E-state index is 0.0711. The van der Waals surface area contributed by atoms with Crippen molar-refractivity contribution in [3.05, 3.63) is 87.9 Å². The van der Waals surface area contributed by atoms with Crippen LogP contribution in [0.15, 0.2) is 65.3 Å². The molecular weight excluding hydrogens is 426 g/mol. The summed E-state index contributed by atoms with van der Waals surface area (Å²) in [5.74, 6) is -1.35. The first kappa shape index (κ1) is 20.9. The van der Waals surface area contributed by atoms with E-state index in [1.54, 1.807) is 49.5 Å². The molecule has 0 unspecified atom stereocenters. The lowest BCUT2D eigenvalue weighted by Gasteiger charge is -2.35. The van der Waals surface area contributed by atoms with Crippen LogP contribution in [0.25, 0.3) is 0 Å². The molecule has 1 aromatic heterocycles. The summed E-state index contributed by atoms with van der Waals surface area (Å²) in [4.78, 5) is 40.3. The Morgan fingerprint density at radius 2 is 2.06 bits per heavy atom. The molecule has 9 heteroatoms. The Hall–Kier alpha value is -3.98. The van der Waals surface area contributed by atoms with Gasteiger partial charge in [0, 0.05) is 35.8 Å². The second-order valence-corrected chi connectivity index (χ2v) is 8.29. The van der Waals surface area contributed by atoms with Gasteiger partial charge >= 0.3 is 0 Å². The van der Waals surface area contributed by atoms with Gasteiger partial charge in [-0.1, -0.05) is 12.1 Å². The van der Waals surface area contributed by atoms with Gasteiger partial charge in [0.15, 0.2) is 5.76 Å². The van der Waals surface area contributed by atoms with Gasteiger partial charge in [-0.2, -0.15) is 0 Å². The monoisotopic (exact) mass is 447 g/mol. The molecule has 1 spiro atoms. The highest BCUT2D eigenvalue weighted by molar-refractivity contribution is 6.11. The van der Waals surface area contributed by atoms with Gasteiger partial charge in [0.25, 0.3) is 5.69 Å². The van der Waals surface area contributed by atoms with Crippen molar-refractivity contribution in [2.45, 2.75) is 11.5 Å². The Morgan fingerprint density at radius 3 is 2.76 bits per heavy atom. The summed E-state index contributed by atoms with van der Waals surface area (Å²) in [5, 5.41) is 14.3. The number of benzene rings is 2. The van der Waals surface area contributed by atoms with Gasteiger partial charge in [0.1, 0.15) is 11.3 Å². The average Bonchev–Trinajstić information content (AvgIpc) is 3.52. The lowest BCUT2D eigenvalue weighted by Crippen LogP contribution is -2.51. The van der Waals surface area contributed by atoms with Crippen LogP contribution in [-0.2, 0) is 10.3 Å². The number of fused-ring (bicyclic) bond motifs is 2. The van der Waals surface area contributed by atoms with Crippen LogP contribution in [0.5, 0.6) is 5.75 Å². The highest BCUT2D eigenvalue weighted by Gasteiger charge is 2.64. The number of nitrogens with one attached hydrogen (secondary N) is 1. The number of carbonyl (C=O) groups is 2. The normalized spacial score (nSPS) is 24.0. The standard InChI is InChI=1S/C24H21N3O6/c1-26-13-17(14-5-3-6-15(11-14)27(30)31)21(22(28)20-7-4-10-33-20)24(26)18-12-16(32-2)8-9-19(18)25-23(24)29/h3-12,17,21H,13H2,1-2H3,(H,25,29)/t17-,21+,24+/m0/s1. The minimum Gasteiger partial charge on any atom is -0.497 e. The van der Waals surface area contributed by atoms with E-state index in [4.69, 9.17) is 9.15 Å². The summed E-state index contributed by atoms with van der Waals surface area (Å²) >= 11 is 0. The van der Waals surface area contributed by atoms with Gasteiger partial charge in [0.05, 0.1) is 24.2 Å². The van der Waals surface area contributed by atoms with E-state index >= 15 is 0 Å². The van der Waals surface area contributed by atoms with E-state index in [0.29, 0.717) is 29.1 Å². The largest absolute Gasteiger partial charge is 0.497 e. The molecule has 1 saturated heterocycles. The van der Waals surface area contributed by atoms with Crippen molar-refractivity contribution in [2.75, 3.05) is 26.0 Å². The Balaban J connectivity index is 1.74. The number of anilines is 1. The lowest BCUT2D eigenvalue weighted by molar-refractivity contribution is -0.384. The zero-order valence-corrected chi connectivity index (χ0v) is 18.0. The second kappa shape index (κ2) is 7.56. The SMILES string of the molecule is COc1ccc2c(c1)[C@]1(C(=O)N2)[C@@H](C(=O)c2ccco2)[C@H](c2cccc([N+](=O)[O-])c2)CN1C. The van der Waals surface area contributed by atoms with Crippen LogP contribution in [-0.4, -0.2) is 42.2 Å². The van der Waals surface area contributed by atoms with E-state index in [1.165, 1.54) is 25.5 Å². The van der Waals surface area contributed by atoms with Gasteiger partial charge < -0.3 is 14.5 Å². The highest BCUT2D eigenvalue weighted by Crippen LogP contribution is 2.56. The number of likely N-dealkylation sites (N-methyl/N-ethyl adjacent to an activating group) is 1. The number of non-ortho nitro benzene ring substituents is 1. The molecule has 3 aromatic rings. The number of amides is 1. The maximum Gasteiger partial charge on any atom is 0.269 e. The molecule has 33 heavy (non-hydrogen) atoms. The summed E-state index contributed by atoms with van der Waals surface area (Å²) in [6.07, 6.45) is 1.41. The first-order valence-electron chi connectivity index (χ1n) is 10.4. The summed E-state index contributed by atoms with van der Waals surface area (Å²) in [6.45, 7) is 0.336. The van der Waals surface area contributed by atoms with Crippen LogP contribution in [0.3, 0.4) is 0 Å². The quantitative estimate of drug-likeness (QED) is 0.361. The van der Waals surface area contributed by atoms with Gasteiger partial charge in [-0.3, -0.25) is 24.6 Å². The number of furan rings is 1. The minimum atomic E-state index is -1.33. The Labute approximate surface area is 189 Å². The lowest BCUT2D eigenvalue weighted by atomic mass is 9.71. The first-order valence-corrected chi connectivity index (χ1v) is 10.4. The molecule has 1 fully saturated rings. The zero-order valence-electron chi connectivity index (χ0n) is 18.0. The number of nitrogens with zero attached hydrogens (tertiary/aromatic N) is 2. The maximum absolute atomic E-state index is 13.9. The molecule has 168 valence electrons. The number of hydrogen-bond acceptors (Lipinski definition) is 7. The van der Waals surface area contributed by atoms with Crippen molar-refractivity contribution in [1.82, 2.24) is 4.90 Å². The third-order valence-corrected chi connectivity index (χ3v) is 6.71. The summed E-state index contributed by atoms with van der Waals surface area (Å²) in [7, 11) is 3.32. The Kier molecular flexibility index (Phi) is 4.79. The van der Waals surface area contributed by atoms with Gasteiger partial charge in [-0.25, -0.2) is 0 Å². The molecule has 3 atom stereocenters. The van der Waals surface area contributed by atoms with Crippen LogP contribution < -0.4 is 10.1 Å². The van der Waals surface area contributed by atoms with Crippen molar-refractivity contribution < 1.29 is 23.7 Å². The summed E-state index contributed by atoms with van der Waals surface area (Å²) in [6, 6.07) is 14.7. The molecule has 3 heterocycles. The Morgan fingerprint density at radius 1 is 1.24 bits per heavy atom. The number of nitro benzene ring substituents is 1. The number of likely N-dealkylation sites (tertiary alicyclic amines) is 1. The summed E-state index contributed by atoms with van der Waals surface area (Å²) in [5.41, 5.74) is 0.445. The van der Waals surface area contributed by atoms with E-state index in [1.807, 2.05) is 4.90 Å². The van der Waals surface area contributed by atoms with Crippen LogP contribution in [0.2, 0.25) is 0 Å². The average molecular weight is 447 g/mol. The molecule has 0 radical (unpaired) electrons. The van der Waals surface area contributed by atoms with E-state index in [2.05, 4.69) is 5.32 Å². The van der Waals surface area contributed by atoms with Gasteiger partial charge in [0.2, 0.25) is 11.7 Å². The summed E-state index contributed by atoms with van der Waals surface area (Å²) < 4.78 is 10.8.